The number of aromatic nitrogens is 2. The number of carbonyl (C=O) groups is 1. The summed E-state index contributed by atoms with van der Waals surface area (Å²) in [5, 5.41) is 2.99. The average Bonchev–Trinajstić information content (AvgIpc) is 3.33. The maximum absolute atomic E-state index is 13.1. The van der Waals surface area contributed by atoms with E-state index in [0.29, 0.717) is 29.4 Å². The number of benzene rings is 3. The Hall–Kier alpha value is -4.46. The van der Waals surface area contributed by atoms with Crippen LogP contribution in [0.2, 0.25) is 0 Å². The number of imidazole rings is 1. The molecule has 0 radical (unpaired) electrons. The zero-order valence-electron chi connectivity index (χ0n) is 22.7. The minimum atomic E-state index is -0.264. The van der Waals surface area contributed by atoms with Gasteiger partial charge in [0.15, 0.2) is 11.5 Å². The number of hydrogen-bond acceptors (Lipinski definition) is 6. The van der Waals surface area contributed by atoms with E-state index in [-0.39, 0.29) is 12.5 Å². The Balaban J connectivity index is 1.42. The van der Waals surface area contributed by atoms with Crippen molar-refractivity contribution in [2.45, 2.75) is 32.4 Å². The maximum Gasteiger partial charge on any atom is 0.251 e. The van der Waals surface area contributed by atoms with Crippen LogP contribution in [0.3, 0.4) is 0 Å². The summed E-state index contributed by atoms with van der Waals surface area (Å²) in [4.78, 5) is 17.9. The molecule has 0 fully saturated rings. The lowest BCUT2D eigenvalue weighted by molar-refractivity contribution is 0.0948. The third-order valence-electron chi connectivity index (χ3n) is 6.44. The lowest BCUT2D eigenvalue weighted by Crippen LogP contribution is -2.25. The summed E-state index contributed by atoms with van der Waals surface area (Å²) in [6.45, 7) is 5.48. The minimum Gasteiger partial charge on any atom is -0.493 e. The highest BCUT2D eigenvalue weighted by Gasteiger charge is 2.18. The smallest absolute Gasteiger partial charge is 0.251 e. The lowest BCUT2D eigenvalue weighted by atomic mass is 10.1. The highest BCUT2D eigenvalue weighted by molar-refractivity contribution is 5.95. The van der Waals surface area contributed by atoms with E-state index in [1.165, 1.54) is 21.3 Å². The topological polar surface area (TPSA) is 83.8 Å². The summed E-state index contributed by atoms with van der Waals surface area (Å²) >= 11 is 0. The number of nitrogens with zero attached hydrogens (tertiary/aromatic N) is 2. The van der Waals surface area contributed by atoms with Gasteiger partial charge in [0.1, 0.15) is 11.6 Å². The van der Waals surface area contributed by atoms with Gasteiger partial charge in [0.2, 0.25) is 5.75 Å². The number of unbranched alkanes of at least 4 members (excludes halogenated alkanes) is 1. The van der Waals surface area contributed by atoms with Crippen LogP contribution in [0.5, 0.6) is 23.0 Å². The van der Waals surface area contributed by atoms with Gasteiger partial charge < -0.3 is 28.8 Å². The lowest BCUT2D eigenvalue weighted by Gasteiger charge is -2.14. The predicted octanol–water partition coefficient (Wildman–Crippen LogP) is 5.58. The molecule has 0 spiro atoms. The second-order valence-corrected chi connectivity index (χ2v) is 8.92. The van der Waals surface area contributed by atoms with Gasteiger partial charge in [-0.2, -0.15) is 0 Å². The zero-order valence-corrected chi connectivity index (χ0v) is 22.7. The van der Waals surface area contributed by atoms with E-state index in [2.05, 4.69) is 28.6 Å². The molecule has 0 aliphatic carbocycles. The molecule has 1 N–H and O–H groups in total. The standard InChI is InChI=1S/C31H35N3O5/c1-5-12-22-13-6-9-16-26(22)39-18-11-10-17-34-25-15-8-7-14-24(25)33-29(34)21-32-31(35)23-19-27(36-2)30(38-4)28(20-23)37-3/h5-9,13-16,19-20H,1,10-12,17-18,21H2,2-4H3,(H,32,35). The van der Waals surface area contributed by atoms with Gasteiger partial charge in [-0.3, -0.25) is 4.79 Å². The molecular weight excluding hydrogens is 494 g/mol. The van der Waals surface area contributed by atoms with Crippen LogP contribution in [0.1, 0.15) is 34.6 Å². The van der Waals surface area contributed by atoms with Gasteiger partial charge in [0.05, 0.1) is 45.5 Å². The zero-order chi connectivity index (χ0) is 27.6. The molecule has 0 aliphatic heterocycles. The van der Waals surface area contributed by atoms with Crippen molar-refractivity contribution in [2.24, 2.45) is 0 Å². The van der Waals surface area contributed by atoms with Gasteiger partial charge in [-0.1, -0.05) is 36.4 Å². The third kappa shape index (κ3) is 6.52. The molecule has 8 nitrogen and oxygen atoms in total. The summed E-state index contributed by atoms with van der Waals surface area (Å²) in [6.07, 6.45) is 4.45. The van der Waals surface area contributed by atoms with E-state index in [4.69, 9.17) is 23.9 Å². The van der Waals surface area contributed by atoms with Crippen LogP contribution in [-0.4, -0.2) is 43.4 Å². The molecule has 1 amide bonds. The number of allylic oxidation sites excluding steroid dienone is 1. The largest absolute Gasteiger partial charge is 0.493 e. The highest BCUT2D eigenvalue weighted by atomic mass is 16.5. The predicted molar refractivity (Wildman–Crippen MR) is 152 cm³/mol. The second-order valence-electron chi connectivity index (χ2n) is 8.92. The van der Waals surface area contributed by atoms with Crippen LogP contribution < -0.4 is 24.3 Å². The number of hydrogen-bond donors (Lipinski definition) is 1. The molecule has 8 heteroatoms. The fourth-order valence-electron chi connectivity index (χ4n) is 4.51. The molecule has 39 heavy (non-hydrogen) atoms. The fraction of sp³-hybridized carbons (Fsp3) is 0.290. The van der Waals surface area contributed by atoms with Crippen LogP contribution in [0, 0.1) is 0 Å². The van der Waals surface area contributed by atoms with Crippen molar-refractivity contribution in [3.8, 4) is 23.0 Å². The molecule has 4 rings (SSSR count). The van der Waals surface area contributed by atoms with Gasteiger partial charge in [0.25, 0.3) is 5.91 Å². The van der Waals surface area contributed by atoms with Crippen LogP contribution in [0.25, 0.3) is 11.0 Å². The second kappa shape index (κ2) is 13.4. The summed E-state index contributed by atoms with van der Waals surface area (Å²) in [5.41, 5.74) is 3.47. The first-order valence-corrected chi connectivity index (χ1v) is 12.9. The van der Waals surface area contributed by atoms with Crippen LogP contribution in [0.4, 0.5) is 0 Å². The van der Waals surface area contributed by atoms with E-state index in [0.717, 1.165) is 54.0 Å². The van der Waals surface area contributed by atoms with E-state index in [1.54, 1.807) is 12.1 Å². The fourth-order valence-corrected chi connectivity index (χ4v) is 4.51. The first kappa shape index (κ1) is 27.6. The molecule has 0 aliphatic rings. The van der Waals surface area contributed by atoms with E-state index >= 15 is 0 Å². The molecule has 0 saturated heterocycles. The first-order chi connectivity index (χ1) is 19.1. The Morgan fingerprint density at radius 3 is 2.38 bits per heavy atom. The summed E-state index contributed by atoms with van der Waals surface area (Å²) in [7, 11) is 4.57. The molecule has 204 valence electrons. The molecule has 4 aromatic rings. The Kier molecular flexibility index (Phi) is 9.45. The summed E-state index contributed by atoms with van der Waals surface area (Å²) in [5.74, 6) is 2.70. The molecule has 3 aromatic carbocycles. The number of nitrogens with one attached hydrogen (secondary N) is 1. The number of aryl methyl sites for hydroxylation is 1. The van der Waals surface area contributed by atoms with Crippen molar-refractivity contribution >= 4 is 16.9 Å². The van der Waals surface area contributed by atoms with Crippen molar-refractivity contribution in [3.63, 3.8) is 0 Å². The Labute approximate surface area is 229 Å². The molecule has 0 atom stereocenters. The summed E-state index contributed by atoms with van der Waals surface area (Å²) in [6, 6.07) is 19.3. The van der Waals surface area contributed by atoms with Crippen LogP contribution in [0.15, 0.2) is 73.3 Å². The molecule has 1 aromatic heterocycles. The number of para-hydroxylation sites is 3. The molecule has 0 saturated carbocycles. The molecule has 0 bridgehead atoms. The van der Waals surface area contributed by atoms with E-state index in [9.17, 15) is 4.79 Å². The number of amides is 1. The van der Waals surface area contributed by atoms with Crippen molar-refractivity contribution < 1.29 is 23.7 Å². The Bertz CT molecular complexity index is 1400. The number of rotatable bonds is 14. The Morgan fingerprint density at radius 2 is 1.67 bits per heavy atom. The van der Waals surface area contributed by atoms with Crippen molar-refractivity contribution in [1.29, 1.82) is 0 Å². The van der Waals surface area contributed by atoms with Gasteiger partial charge in [0, 0.05) is 12.1 Å². The maximum atomic E-state index is 13.1. The molecule has 0 unspecified atom stereocenters. The van der Waals surface area contributed by atoms with Gasteiger partial charge in [-0.05, 0) is 55.2 Å². The van der Waals surface area contributed by atoms with Gasteiger partial charge in [-0.15, -0.1) is 6.58 Å². The third-order valence-corrected chi connectivity index (χ3v) is 6.44. The van der Waals surface area contributed by atoms with Crippen molar-refractivity contribution in [1.82, 2.24) is 14.9 Å². The van der Waals surface area contributed by atoms with E-state index < -0.39 is 0 Å². The normalized spacial score (nSPS) is 10.7. The van der Waals surface area contributed by atoms with Crippen LogP contribution in [-0.2, 0) is 19.5 Å². The molecular formula is C31H35N3O5. The SMILES string of the molecule is C=CCc1ccccc1OCCCCn1c(CNC(=O)c2cc(OC)c(OC)c(OC)c2)nc2ccccc21. The van der Waals surface area contributed by atoms with Crippen molar-refractivity contribution in [2.75, 3.05) is 27.9 Å². The van der Waals surface area contributed by atoms with Gasteiger partial charge in [-0.25, -0.2) is 4.98 Å². The quantitative estimate of drug-likeness (QED) is 0.170. The Morgan fingerprint density at radius 1 is 0.949 bits per heavy atom. The van der Waals surface area contributed by atoms with Crippen LogP contribution >= 0.6 is 0 Å². The monoisotopic (exact) mass is 529 g/mol. The number of carbonyl (C=O) groups excluding carboxylic acids is 1. The van der Waals surface area contributed by atoms with Crippen molar-refractivity contribution in [3.05, 3.63) is 90.3 Å². The van der Waals surface area contributed by atoms with E-state index in [1.807, 2.05) is 42.5 Å². The number of fused-ring (bicyclic) bond motifs is 1. The molecule has 1 heterocycles. The minimum absolute atomic E-state index is 0.264. The van der Waals surface area contributed by atoms with Gasteiger partial charge >= 0.3 is 0 Å². The summed E-state index contributed by atoms with van der Waals surface area (Å²) < 4.78 is 24.3. The first-order valence-electron chi connectivity index (χ1n) is 12.9. The number of ether oxygens (including phenoxy) is 4. The number of methoxy groups -OCH3 is 3. The average molecular weight is 530 g/mol. The highest BCUT2D eigenvalue weighted by Crippen LogP contribution is 2.38.